The van der Waals surface area contributed by atoms with Crippen molar-refractivity contribution in [3.8, 4) is 0 Å². The van der Waals surface area contributed by atoms with Crippen LogP contribution in [0.2, 0.25) is 0 Å². The molecule has 1 saturated carbocycles. The van der Waals surface area contributed by atoms with Crippen LogP contribution in [0.15, 0.2) is 36.1 Å². The summed E-state index contributed by atoms with van der Waals surface area (Å²) in [6, 6.07) is 7.30. The van der Waals surface area contributed by atoms with Gasteiger partial charge in [0.05, 0.1) is 12.9 Å². The summed E-state index contributed by atoms with van der Waals surface area (Å²) in [7, 11) is 0. The molecule has 0 N–H and O–H groups in total. The first-order chi connectivity index (χ1) is 9.15. The van der Waals surface area contributed by atoms with Crippen molar-refractivity contribution in [2.24, 2.45) is 5.92 Å². The fourth-order valence-corrected chi connectivity index (χ4v) is 1.93. The Kier molecular flexibility index (Phi) is 4.15. The van der Waals surface area contributed by atoms with Crippen LogP contribution in [0.5, 0.6) is 0 Å². The van der Waals surface area contributed by atoms with Crippen molar-refractivity contribution in [3.05, 3.63) is 47.2 Å². The van der Waals surface area contributed by atoms with Crippen LogP contribution in [0, 0.1) is 12.8 Å². The van der Waals surface area contributed by atoms with E-state index in [1.54, 1.807) is 12.1 Å². The average Bonchev–Trinajstić information content (AvgIpc) is 3.23. The van der Waals surface area contributed by atoms with Gasteiger partial charge in [-0.3, -0.25) is 9.59 Å². The van der Waals surface area contributed by atoms with Gasteiger partial charge in [-0.15, -0.1) is 0 Å². The lowest BCUT2D eigenvalue weighted by Crippen LogP contribution is -2.16. The maximum Gasteiger partial charge on any atom is 0.199 e. The van der Waals surface area contributed by atoms with Crippen molar-refractivity contribution in [2.75, 3.05) is 6.61 Å². The molecule has 0 amide bonds. The van der Waals surface area contributed by atoms with E-state index in [2.05, 4.69) is 0 Å². The molecule has 0 spiro atoms. The van der Waals surface area contributed by atoms with Crippen LogP contribution < -0.4 is 0 Å². The third kappa shape index (κ3) is 3.11. The molecule has 19 heavy (non-hydrogen) atoms. The fraction of sp³-hybridized carbons (Fsp3) is 0.375. The quantitative estimate of drug-likeness (QED) is 0.259. The highest BCUT2D eigenvalue weighted by Crippen LogP contribution is 2.33. The number of ketones is 2. The second kappa shape index (κ2) is 5.83. The summed E-state index contributed by atoms with van der Waals surface area (Å²) in [5.41, 5.74) is 1.62. The molecule has 1 aromatic carbocycles. The van der Waals surface area contributed by atoms with Gasteiger partial charge in [0.25, 0.3) is 0 Å². The van der Waals surface area contributed by atoms with E-state index in [9.17, 15) is 9.59 Å². The normalized spacial score (nSPS) is 15.2. The fourth-order valence-electron chi connectivity index (χ4n) is 1.93. The minimum atomic E-state index is -0.233. The molecule has 0 bridgehead atoms. The number of allylic oxidation sites excluding steroid dienone is 1. The highest BCUT2D eigenvalue weighted by atomic mass is 16.5. The number of benzene rings is 1. The topological polar surface area (TPSA) is 43.4 Å². The van der Waals surface area contributed by atoms with Crippen LogP contribution in [0.25, 0.3) is 0 Å². The Morgan fingerprint density at radius 2 is 2.00 bits per heavy atom. The standard InChI is InChI=1S/C16H18O3/c1-3-19-10-14(15(17)12-8-9-12)16(18)13-7-5-4-6-11(13)2/h4-7,10,12H,3,8-9H2,1-2H3/b14-10-. The summed E-state index contributed by atoms with van der Waals surface area (Å²) >= 11 is 0. The van der Waals surface area contributed by atoms with Crippen LogP contribution in [0.4, 0.5) is 0 Å². The first-order valence-corrected chi connectivity index (χ1v) is 6.61. The monoisotopic (exact) mass is 258 g/mol. The number of hydrogen-bond donors (Lipinski definition) is 0. The Morgan fingerprint density at radius 1 is 1.32 bits per heavy atom. The summed E-state index contributed by atoms with van der Waals surface area (Å²) in [5, 5.41) is 0. The van der Waals surface area contributed by atoms with Crippen molar-refractivity contribution in [1.29, 1.82) is 0 Å². The second-order valence-corrected chi connectivity index (χ2v) is 4.77. The summed E-state index contributed by atoms with van der Waals surface area (Å²) in [4.78, 5) is 24.6. The molecule has 1 aromatic rings. The van der Waals surface area contributed by atoms with Crippen molar-refractivity contribution < 1.29 is 14.3 Å². The minimum absolute atomic E-state index is 0.0136. The van der Waals surface area contributed by atoms with Crippen LogP contribution in [-0.4, -0.2) is 18.2 Å². The van der Waals surface area contributed by atoms with E-state index in [1.165, 1.54) is 6.26 Å². The summed E-state index contributed by atoms with van der Waals surface area (Å²) in [6.07, 6.45) is 3.09. The highest BCUT2D eigenvalue weighted by Gasteiger charge is 2.35. The molecule has 3 nitrogen and oxygen atoms in total. The van der Waals surface area contributed by atoms with E-state index in [1.807, 2.05) is 26.0 Å². The lowest BCUT2D eigenvalue weighted by molar-refractivity contribution is -0.116. The maximum absolute atomic E-state index is 12.5. The molecule has 100 valence electrons. The first kappa shape index (κ1) is 13.5. The Hall–Kier alpha value is -1.90. The molecule has 3 heteroatoms. The van der Waals surface area contributed by atoms with Gasteiger partial charge in [0, 0.05) is 11.5 Å². The number of rotatable bonds is 6. The lowest BCUT2D eigenvalue weighted by Gasteiger charge is -2.08. The minimum Gasteiger partial charge on any atom is -0.501 e. The Labute approximate surface area is 113 Å². The molecule has 0 aromatic heterocycles. The third-order valence-corrected chi connectivity index (χ3v) is 3.22. The van der Waals surface area contributed by atoms with Gasteiger partial charge in [-0.1, -0.05) is 24.3 Å². The van der Waals surface area contributed by atoms with Crippen molar-refractivity contribution in [3.63, 3.8) is 0 Å². The Morgan fingerprint density at radius 3 is 2.58 bits per heavy atom. The molecule has 1 fully saturated rings. The second-order valence-electron chi connectivity index (χ2n) is 4.77. The summed E-state index contributed by atoms with van der Waals surface area (Å²) < 4.78 is 5.17. The molecule has 0 atom stereocenters. The number of aryl methyl sites for hydroxylation is 1. The third-order valence-electron chi connectivity index (χ3n) is 3.22. The van der Waals surface area contributed by atoms with Crippen LogP contribution >= 0.6 is 0 Å². The SMILES string of the molecule is CCO/C=C(\C(=O)c1ccccc1C)C(=O)C1CC1. The van der Waals surface area contributed by atoms with Crippen molar-refractivity contribution in [2.45, 2.75) is 26.7 Å². The van der Waals surface area contributed by atoms with E-state index in [4.69, 9.17) is 4.74 Å². The maximum atomic E-state index is 12.5. The number of carbonyl (C=O) groups is 2. The number of ether oxygens (including phenoxy) is 1. The number of carbonyl (C=O) groups excluding carboxylic acids is 2. The lowest BCUT2D eigenvalue weighted by atomic mass is 9.96. The Balaban J connectivity index is 2.30. The van der Waals surface area contributed by atoms with Crippen LogP contribution in [0.3, 0.4) is 0 Å². The predicted molar refractivity (Wildman–Crippen MR) is 72.9 cm³/mol. The molecule has 1 aliphatic carbocycles. The zero-order chi connectivity index (χ0) is 13.8. The molecular formula is C16H18O3. The van der Waals surface area contributed by atoms with Gasteiger partial charge in [-0.2, -0.15) is 0 Å². The van der Waals surface area contributed by atoms with Crippen molar-refractivity contribution in [1.82, 2.24) is 0 Å². The zero-order valence-corrected chi connectivity index (χ0v) is 11.3. The van der Waals surface area contributed by atoms with Gasteiger partial charge < -0.3 is 4.74 Å². The molecular weight excluding hydrogens is 240 g/mol. The summed E-state index contributed by atoms with van der Waals surface area (Å²) in [5.74, 6) is -0.301. The van der Waals surface area contributed by atoms with E-state index in [-0.39, 0.29) is 23.1 Å². The molecule has 0 radical (unpaired) electrons. The smallest absolute Gasteiger partial charge is 0.199 e. The van der Waals surface area contributed by atoms with E-state index in [0.717, 1.165) is 18.4 Å². The Bertz CT molecular complexity index is 525. The molecule has 0 saturated heterocycles. The molecule has 0 unspecified atom stereocenters. The van der Waals surface area contributed by atoms with E-state index >= 15 is 0 Å². The van der Waals surface area contributed by atoms with E-state index < -0.39 is 0 Å². The number of Topliss-reactive ketones (excluding diaryl/α,β-unsaturated/α-hetero) is 2. The largest absolute Gasteiger partial charge is 0.501 e. The zero-order valence-electron chi connectivity index (χ0n) is 11.3. The summed E-state index contributed by atoms with van der Waals surface area (Å²) in [6.45, 7) is 4.14. The van der Waals surface area contributed by atoms with Gasteiger partial charge in [-0.05, 0) is 32.3 Å². The average molecular weight is 258 g/mol. The molecule has 0 heterocycles. The molecule has 0 aliphatic heterocycles. The molecule has 2 rings (SSSR count). The van der Waals surface area contributed by atoms with Gasteiger partial charge >= 0.3 is 0 Å². The van der Waals surface area contributed by atoms with Crippen molar-refractivity contribution >= 4 is 11.6 Å². The van der Waals surface area contributed by atoms with E-state index in [0.29, 0.717) is 12.2 Å². The first-order valence-electron chi connectivity index (χ1n) is 6.61. The van der Waals surface area contributed by atoms with Crippen LogP contribution in [0.1, 0.15) is 35.7 Å². The van der Waals surface area contributed by atoms with Gasteiger partial charge in [0.2, 0.25) is 0 Å². The van der Waals surface area contributed by atoms with Crippen LogP contribution in [-0.2, 0) is 9.53 Å². The molecule has 1 aliphatic rings. The van der Waals surface area contributed by atoms with Gasteiger partial charge in [0.15, 0.2) is 11.6 Å². The predicted octanol–water partition coefficient (Wildman–Crippen LogP) is 3.08. The highest BCUT2D eigenvalue weighted by molar-refractivity contribution is 6.27. The number of hydrogen-bond acceptors (Lipinski definition) is 3. The van der Waals surface area contributed by atoms with Gasteiger partial charge in [-0.25, -0.2) is 0 Å². The van der Waals surface area contributed by atoms with Gasteiger partial charge in [0.1, 0.15) is 5.57 Å².